The Labute approximate surface area is 187 Å². The van der Waals surface area contributed by atoms with E-state index in [1.165, 1.54) is 0 Å². The van der Waals surface area contributed by atoms with Gasteiger partial charge in [-0.2, -0.15) is 5.10 Å². The van der Waals surface area contributed by atoms with Gasteiger partial charge in [0.1, 0.15) is 12.3 Å². The van der Waals surface area contributed by atoms with Crippen molar-refractivity contribution in [3.8, 4) is 16.9 Å². The third-order valence-corrected chi connectivity index (χ3v) is 5.96. The predicted octanol–water partition coefficient (Wildman–Crippen LogP) is 3.22. The third kappa shape index (κ3) is 4.30. The summed E-state index contributed by atoms with van der Waals surface area (Å²) in [5, 5.41) is 5.56. The molecule has 0 radical (unpaired) electrons. The molecule has 32 heavy (non-hydrogen) atoms. The van der Waals surface area contributed by atoms with E-state index in [2.05, 4.69) is 10.1 Å². The van der Waals surface area contributed by atoms with E-state index in [0.717, 1.165) is 28.0 Å². The summed E-state index contributed by atoms with van der Waals surface area (Å²) in [7, 11) is 1.64. The second-order valence-electron chi connectivity index (χ2n) is 7.94. The number of hydrogen-bond donors (Lipinski definition) is 0. The average molecular weight is 437 g/mol. The minimum Gasteiger partial charge on any atom is -0.497 e. The summed E-state index contributed by atoms with van der Waals surface area (Å²) < 4.78 is 12.0. The molecule has 1 fully saturated rings. The summed E-state index contributed by atoms with van der Waals surface area (Å²) in [6, 6.07) is 9.81. The second-order valence-corrected chi connectivity index (χ2v) is 7.94. The molecule has 1 amide bonds. The maximum atomic E-state index is 13.0. The number of carbonyl (C=O) groups excluding carboxylic acids is 2. The number of aryl methyl sites for hydroxylation is 1. The fraction of sp³-hybridized carbons (Fsp3) is 0.417. The van der Waals surface area contributed by atoms with E-state index < -0.39 is 0 Å². The van der Waals surface area contributed by atoms with Crippen LogP contribution in [-0.4, -0.2) is 58.3 Å². The Bertz CT molecular complexity index is 1110. The van der Waals surface area contributed by atoms with Crippen LogP contribution in [-0.2, 0) is 20.9 Å². The van der Waals surface area contributed by atoms with Gasteiger partial charge in [0.05, 0.1) is 25.3 Å². The highest BCUT2D eigenvalue weighted by atomic mass is 16.5. The monoisotopic (exact) mass is 436 g/mol. The summed E-state index contributed by atoms with van der Waals surface area (Å²) in [6.07, 6.45) is 3.00. The number of piperidine rings is 1. The van der Waals surface area contributed by atoms with Crippen molar-refractivity contribution < 1.29 is 19.1 Å². The van der Waals surface area contributed by atoms with Crippen LogP contribution in [0.4, 0.5) is 0 Å². The van der Waals surface area contributed by atoms with Crippen LogP contribution in [0.3, 0.4) is 0 Å². The molecule has 8 nitrogen and oxygen atoms in total. The zero-order valence-electron chi connectivity index (χ0n) is 18.7. The molecule has 8 heteroatoms. The molecule has 0 N–H and O–H groups in total. The zero-order chi connectivity index (χ0) is 22.7. The van der Waals surface area contributed by atoms with Crippen LogP contribution in [0.5, 0.6) is 5.75 Å². The van der Waals surface area contributed by atoms with Crippen LogP contribution in [0.25, 0.3) is 22.2 Å². The number of methoxy groups -OCH3 is 1. The lowest BCUT2D eigenvalue weighted by molar-refractivity contribution is -0.151. The molecule has 1 aliphatic rings. The molecule has 1 saturated heterocycles. The quantitative estimate of drug-likeness (QED) is 0.552. The lowest BCUT2D eigenvalue weighted by Crippen LogP contribution is -2.42. The number of rotatable bonds is 6. The summed E-state index contributed by atoms with van der Waals surface area (Å²) >= 11 is 0. The van der Waals surface area contributed by atoms with Crippen molar-refractivity contribution >= 4 is 22.9 Å². The summed E-state index contributed by atoms with van der Waals surface area (Å²) in [5.41, 5.74) is 3.57. The Morgan fingerprint density at radius 3 is 2.50 bits per heavy atom. The smallest absolute Gasteiger partial charge is 0.309 e. The highest BCUT2D eigenvalue weighted by Crippen LogP contribution is 2.31. The first-order chi connectivity index (χ1) is 15.5. The van der Waals surface area contributed by atoms with Gasteiger partial charge in [-0.1, -0.05) is 12.1 Å². The maximum absolute atomic E-state index is 13.0. The molecule has 3 heterocycles. The van der Waals surface area contributed by atoms with Crippen LogP contribution < -0.4 is 4.74 Å². The van der Waals surface area contributed by atoms with E-state index in [9.17, 15) is 9.59 Å². The number of ether oxygens (including phenoxy) is 2. The fourth-order valence-electron chi connectivity index (χ4n) is 4.26. The van der Waals surface area contributed by atoms with Gasteiger partial charge in [0.25, 0.3) is 0 Å². The minimum absolute atomic E-state index is 0.0200. The molecule has 1 aromatic carbocycles. The van der Waals surface area contributed by atoms with Crippen molar-refractivity contribution in [1.29, 1.82) is 0 Å². The molecule has 0 saturated carbocycles. The van der Waals surface area contributed by atoms with Gasteiger partial charge in [-0.05, 0) is 56.0 Å². The van der Waals surface area contributed by atoms with Crippen molar-refractivity contribution in [3.05, 3.63) is 42.2 Å². The average Bonchev–Trinajstić information content (AvgIpc) is 3.14. The molecule has 4 rings (SSSR count). The van der Waals surface area contributed by atoms with E-state index >= 15 is 0 Å². The second kappa shape index (κ2) is 9.38. The first-order valence-corrected chi connectivity index (χ1v) is 10.9. The molecule has 0 atom stereocenters. The van der Waals surface area contributed by atoms with E-state index in [-0.39, 0.29) is 24.3 Å². The first kappa shape index (κ1) is 21.8. The molecule has 0 aliphatic carbocycles. The number of aromatic nitrogens is 3. The number of hydrogen-bond acceptors (Lipinski definition) is 6. The number of esters is 1. The number of benzene rings is 1. The summed E-state index contributed by atoms with van der Waals surface area (Å²) in [4.78, 5) is 31.2. The van der Waals surface area contributed by atoms with E-state index in [1.807, 2.05) is 37.3 Å². The van der Waals surface area contributed by atoms with Gasteiger partial charge in [0.2, 0.25) is 5.91 Å². The normalized spacial score (nSPS) is 14.5. The van der Waals surface area contributed by atoms with Gasteiger partial charge in [-0.25, -0.2) is 9.67 Å². The van der Waals surface area contributed by atoms with Crippen LogP contribution in [0, 0.1) is 12.8 Å². The van der Waals surface area contributed by atoms with Crippen molar-refractivity contribution in [1.82, 2.24) is 19.7 Å². The van der Waals surface area contributed by atoms with Crippen LogP contribution in [0.2, 0.25) is 0 Å². The molecule has 0 spiro atoms. The maximum Gasteiger partial charge on any atom is 0.309 e. The Balaban J connectivity index is 1.52. The highest BCUT2D eigenvalue weighted by molar-refractivity contribution is 5.95. The van der Waals surface area contributed by atoms with Crippen LogP contribution >= 0.6 is 0 Å². The molecule has 1 aliphatic heterocycles. The van der Waals surface area contributed by atoms with E-state index in [1.54, 1.807) is 29.8 Å². The largest absolute Gasteiger partial charge is 0.497 e. The zero-order valence-corrected chi connectivity index (χ0v) is 18.7. The summed E-state index contributed by atoms with van der Waals surface area (Å²) in [5.74, 6) is 0.487. The number of pyridine rings is 1. The fourth-order valence-corrected chi connectivity index (χ4v) is 4.26. The van der Waals surface area contributed by atoms with E-state index in [0.29, 0.717) is 38.2 Å². The molecular formula is C24H28N4O4. The van der Waals surface area contributed by atoms with Crippen molar-refractivity contribution in [2.45, 2.75) is 33.2 Å². The van der Waals surface area contributed by atoms with Crippen LogP contribution in [0.1, 0.15) is 25.5 Å². The number of nitrogens with zero attached hydrogens (tertiary/aromatic N) is 4. The summed E-state index contributed by atoms with van der Waals surface area (Å²) in [6.45, 7) is 5.34. The Morgan fingerprint density at radius 2 is 1.84 bits per heavy atom. The number of amides is 1. The number of carbonyl (C=O) groups is 2. The lowest BCUT2D eigenvalue weighted by atomic mass is 9.97. The van der Waals surface area contributed by atoms with Gasteiger partial charge in [-0.15, -0.1) is 0 Å². The topological polar surface area (TPSA) is 86.6 Å². The molecule has 168 valence electrons. The predicted molar refractivity (Wildman–Crippen MR) is 120 cm³/mol. The van der Waals surface area contributed by atoms with Crippen molar-refractivity contribution in [3.63, 3.8) is 0 Å². The number of fused-ring (bicyclic) bond motifs is 1. The SMILES string of the molecule is CCOC(=O)C1CCN(C(=O)Cn2nc(C)c3c(-c4ccc(OC)cc4)ccnc32)CC1. The van der Waals surface area contributed by atoms with Crippen molar-refractivity contribution in [2.24, 2.45) is 5.92 Å². The lowest BCUT2D eigenvalue weighted by Gasteiger charge is -2.30. The Hall–Kier alpha value is -3.42. The highest BCUT2D eigenvalue weighted by Gasteiger charge is 2.28. The minimum atomic E-state index is -0.163. The number of likely N-dealkylation sites (tertiary alicyclic amines) is 1. The molecule has 0 bridgehead atoms. The third-order valence-electron chi connectivity index (χ3n) is 5.96. The van der Waals surface area contributed by atoms with Crippen LogP contribution in [0.15, 0.2) is 36.5 Å². The van der Waals surface area contributed by atoms with Gasteiger partial charge in [0.15, 0.2) is 5.65 Å². The van der Waals surface area contributed by atoms with E-state index in [4.69, 9.17) is 9.47 Å². The Morgan fingerprint density at radius 1 is 1.12 bits per heavy atom. The molecule has 0 unspecified atom stereocenters. The molecular weight excluding hydrogens is 408 g/mol. The molecule has 3 aromatic rings. The Kier molecular flexibility index (Phi) is 6.39. The first-order valence-electron chi connectivity index (χ1n) is 10.9. The van der Waals surface area contributed by atoms with Gasteiger partial charge < -0.3 is 14.4 Å². The standard InChI is InChI=1S/C24H28N4O4/c1-4-32-24(30)18-10-13-27(14-11-18)21(29)15-28-23-22(16(2)26-28)20(9-12-25-23)17-5-7-19(31-3)8-6-17/h5-9,12,18H,4,10-11,13-15H2,1-3H3. The van der Waals surface area contributed by atoms with Gasteiger partial charge >= 0.3 is 5.97 Å². The van der Waals surface area contributed by atoms with Crippen molar-refractivity contribution in [2.75, 3.05) is 26.8 Å². The van der Waals surface area contributed by atoms with Gasteiger partial charge in [0, 0.05) is 24.7 Å². The van der Waals surface area contributed by atoms with Gasteiger partial charge in [-0.3, -0.25) is 9.59 Å². The molecule has 2 aromatic heterocycles.